The molecule has 8 heteroatoms. The number of benzene rings is 3. The minimum atomic E-state index is -0.210. The number of fused-ring (bicyclic) bond motifs is 1. The first-order valence-corrected chi connectivity index (χ1v) is 10.9. The van der Waals surface area contributed by atoms with Crippen LogP contribution in [0.25, 0.3) is 5.70 Å². The van der Waals surface area contributed by atoms with Gasteiger partial charge in [0.05, 0.1) is 5.70 Å². The Labute approximate surface area is 196 Å². The molecular weight excluding hydrogens is 436 g/mol. The summed E-state index contributed by atoms with van der Waals surface area (Å²) in [5.74, 6) is 0.321. The van der Waals surface area contributed by atoms with Crippen LogP contribution >= 0.6 is 11.6 Å². The van der Waals surface area contributed by atoms with Crippen molar-refractivity contribution in [2.75, 3.05) is 16.8 Å². The maximum Gasteiger partial charge on any atom is 0.251 e. The molecule has 2 heterocycles. The molecule has 0 bridgehead atoms. The number of hydrogen-bond acceptors (Lipinski definition) is 5. The van der Waals surface area contributed by atoms with Gasteiger partial charge in [-0.15, -0.1) is 0 Å². The van der Waals surface area contributed by atoms with Crippen LogP contribution in [0.5, 0.6) is 0 Å². The Morgan fingerprint density at radius 3 is 2.45 bits per heavy atom. The van der Waals surface area contributed by atoms with E-state index in [1.807, 2.05) is 90.7 Å². The molecule has 0 fully saturated rings. The Bertz CT molecular complexity index is 1300. The van der Waals surface area contributed by atoms with Crippen LogP contribution in [-0.2, 0) is 4.79 Å². The summed E-state index contributed by atoms with van der Waals surface area (Å²) in [4.78, 5) is 14.8. The molecule has 0 saturated heterocycles. The van der Waals surface area contributed by atoms with E-state index in [2.05, 4.69) is 26.9 Å². The smallest absolute Gasteiger partial charge is 0.251 e. The summed E-state index contributed by atoms with van der Waals surface area (Å²) < 4.78 is 1.73. The van der Waals surface area contributed by atoms with Crippen molar-refractivity contribution < 1.29 is 4.79 Å². The molecule has 0 spiro atoms. The van der Waals surface area contributed by atoms with Crippen molar-refractivity contribution in [1.29, 1.82) is 0 Å². The number of nitrogens with one attached hydrogen (secondary N) is 1. The van der Waals surface area contributed by atoms with E-state index in [4.69, 9.17) is 11.6 Å². The van der Waals surface area contributed by atoms with E-state index in [9.17, 15) is 4.79 Å². The number of allylic oxidation sites excluding steroid dienone is 1. The molecule has 1 amide bonds. The van der Waals surface area contributed by atoms with Gasteiger partial charge in [0.1, 0.15) is 12.6 Å². The highest BCUT2D eigenvalue weighted by Gasteiger charge is 2.31. The largest absolute Gasteiger partial charge is 0.325 e. The summed E-state index contributed by atoms with van der Waals surface area (Å²) >= 11 is 6.13. The molecule has 1 aromatic heterocycles. The minimum absolute atomic E-state index is 0.0459. The maximum absolute atomic E-state index is 13.0. The first-order valence-electron chi connectivity index (χ1n) is 10.5. The fraction of sp³-hybridized carbons (Fsp3) is 0.120. The van der Waals surface area contributed by atoms with Crippen molar-refractivity contribution in [1.82, 2.24) is 20.2 Å². The van der Waals surface area contributed by atoms with E-state index in [0.717, 1.165) is 28.1 Å². The molecule has 0 aliphatic carbocycles. The van der Waals surface area contributed by atoms with Crippen LogP contribution < -0.4 is 10.2 Å². The summed E-state index contributed by atoms with van der Waals surface area (Å²) in [5.41, 5.74) is 4.66. The number of aromatic nitrogens is 4. The maximum atomic E-state index is 13.0. The standard InChI is InChI=1S/C25H21ClN6O/c1-17-7-13-21(14-8-17)27-24(33)16-31-22(19-9-11-20(26)12-10-19)15-23(18-5-3-2-4-6-18)32-25(31)28-29-30-32/h2-15,23H,16H2,1H3,(H,27,33)/t23-/m1/s1. The predicted octanol–water partition coefficient (Wildman–Crippen LogP) is 4.72. The third-order valence-electron chi connectivity index (χ3n) is 5.51. The Hall–Kier alpha value is -3.97. The highest BCUT2D eigenvalue weighted by molar-refractivity contribution is 6.30. The lowest BCUT2D eigenvalue weighted by Crippen LogP contribution is -2.37. The zero-order valence-electron chi connectivity index (χ0n) is 17.9. The monoisotopic (exact) mass is 456 g/mol. The molecule has 1 N–H and O–H groups in total. The molecule has 7 nitrogen and oxygen atoms in total. The van der Waals surface area contributed by atoms with Crippen LogP contribution in [0.4, 0.5) is 11.6 Å². The van der Waals surface area contributed by atoms with E-state index in [-0.39, 0.29) is 18.5 Å². The van der Waals surface area contributed by atoms with Gasteiger partial charge >= 0.3 is 0 Å². The lowest BCUT2D eigenvalue weighted by molar-refractivity contribution is -0.114. The lowest BCUT2D eigenvalue weighted by Gasteiger charge is -2.32. The van der Waals surface area contributed by atoms with Gasteiger partial charge < -0.3 is 5.32 Å². The van der Waals surface area contributed by atoms with Gasteiger partial charge in [-0.05, 0) is 58.8 Å². The van der Waals surface area contributed by atoms with Crippen LogP contribution in [0.2, 0.25) is 5.02 Å². The van der Waals surface area contributed by atoms with Crippen LogP contribution in [0, 0.1) is 6.92 Å². The van der Waals surface area contributed by atoms with E-state index in [1.54, 1.807) is 4.68 Å². The summed E-state index contributed by atoms with van der Waals surface area (Å²) in [5, 5.41) is 16.0. The Morgan fingerprint density at radius 2 is 1.73 bits per heavy atom. The average Bonchev–Trinajstić information content (AvgIpc) is 3.32. The fourth-order valence-electron chi connectivity index (χ4n) is 3.86. The molecule has 1 aliphatic heterocycles. The van der Waals surface area contributed by atoms with Crippen LogP contribution in [0.3, 0.4) is 0 Å². The Morgan fingerprint density at radius 1 is 1.00 bits per heavy atom. The average molecular weight is 457 g/mol. The third-order valence-corrected chi connectivity index (χ3v) is 5.76. The van der Waals surface area contributed by atoms with Gasteiger partial charge in [-0.1, -0.05) is 76.9 Å². The molecular formula is C25H21ClN6O. The van der Waals surface area contributed by atoms with E-state index < -0.39 is 0 Å². The highest BCUT2D eigenvalue weighted by Crippen LogP contribution is 2.36. The normalized spacial score (nSPS) is 15.0. The Balaban J connectivity index is 1.52. The SMILES string of the molecule is Cc1ccc(NC(=O)CN2C(c3ccc(Cl)cc3)=C[C@H](c3ccccc3)n3nnnc32)cc1. The molecule has 0 unspecified atom stereocenters. The van der Waals surface area contributed by atoms with Crippen molar-refractivity contribution in [3.63, 3.8) is 0 Å². The second-order valence-corrected chi connectivity index (χ2v) is 8.27. The molecule has 33 heavy (non-hydrogen) atoms. The fourth-order valence-corrected chi connectivity index (χ4v) is 3.99. The van der Waals surface area contributed by atoms with Crippen molar-refractivity contribution in [3.05, 3.63) is 107 Å². The van der Waals surface area contributed by atoms with Crippen molar-refractivity contribution in [2.45, 2.75) is 13.0 Å². The highest BCUT2D eigenvalue weighted by atomic mass is 35.5. The first kappa shape index (κ1) is 20.9. The number of carbonyl (C=O) groups excluding carboxylic acids is 1. The van der Waals surface area contributed by atoms with Crippen LogP contribution in [0.15, 0.2) is 84.9 Å². The number of halogens is 1. The zero-order valence-corrected chi connectivity index (χ0v) is 18.6. The molecule has 1 atom stereocenters. The summed E-state index contributed by atoms with van der Waals surface area (Å²) in [6.45, 7) is 2.05. The van der Waals surface area contributed by atoms with Crippen LogP contribution in [0.1, 0.15) is 22.7 Å². The topological polar surface area (TPSA) is 75.9 Å². The molecule has 5 rings (SSSR count). The quantitative estimate of drug-likeness (QED) is 0.470. The number of nitrogens with zero attached hydrogens (tertiary/aromatic N) is 5. The molecule has 1 aliphatic rings. The van der Waals surface area contributed by atoms with E-state index >= 15 is 0 Å². The van der Waals surface area contributed by atoms with Crippen molar-refractivity contribution in [3.8, 4) is 0 Å². The number of rotatable bonds is 5. The van der Waals surface area contributed by atoms with Gasteiger partial charge in [-0.25, -0.2) is 0 Å². The summed E-state index contributed by atoms with van der Waals surface area (Å²) in [6, 6.07) is 25.0. The number of amides is 1. The second-order valence-electron chi connectivity index (χ2n) is 7.84. The lowest BCUT2D eigenvalue weighted by atomic mass is 10.0. The van der Waals surface area contributed by atoms with E-state index in [0.29, 0.717) is 11.0 Å². The molecule has 0 saturated carbocycles. The number of tetrazole rings is 1. The van der Waals surface area contributed by atoms with Gasteiger partial charge in [0, 0.05) is 10.7 Å². The summed E-state index contributed by atoms with van der Waals surface area (Å²) in [7, 11) is 0. The van der Waals surface area contributed by atoms with Gasteiger partial charge in [0.25, 0.3) is 5.95 Å². The first-order chi connectivity index (χ1) is 16.1. The minimum Gasteiger partial charge on any atom is -0.325 e. The van der Waals surface area contributed by atoms with Gasteiger partial charge in [0.2, 0.25) is 5.91 Å². The van der Waals surface area contributed by atoms with Crippen LogP contribution in [-0.4, -0.2) is 32.7 Å². The molecule has 0 radical (unpaired) electrons. The second kappa shape index (κ2) is 8.88. The summed E-state index contributed by atoms with van der Waals surface area (Å²) in [6.07, 6.45) is 2.07. The van der Waals surface area contributed by atoms with Gasteiger partial charge in [-0.3, -0.25) is 9.69 Å². The van der Waals surface area contributed by atoms with Crippen molar-refractivity contribution >= 4 is 34.8 Å². The number of hydrogen-bond donors (Lipinski definition) is 1. The van der Waals surface area contributed by atoms with Gasteiger partial charge in [-0.2, -0.15) is 4.68 Å². The van der Waals surface area contributed by atoms with Gasteiger partial charge in [0.15, 0.2) is 0 Å². The number of carbonyl (C=O) groups is 1. The zero-order chi connectivity index (χ0) is 22.8. The predicted molar refractivity (Wildman–Crippen MR) is 129 cm³/mol. The van der Waals surface area contributed by atoms with E-state index in [1.165, 1.54) is 0 Å². The molecule has 3 aromatic carbocycles. The molecule has 164 valence electrons. The Kier molecular flexibility index (Phi) is 5.62. The number of anilines is 2. The molecule has 4 aromatic rings. The number of aryl methyl sites for hydroxylation is 1. The third kappa shape index (κ3) is 4.36. The van der Waals surface area contributed by atoms with Crippen molar-refractivity contribution in [2.24, 2.45) is 0 Å².